The van der Waals surface area contributed by atoms with Crippen LogP contribution in [0.15, 0.2) is 24.3 Å². The fourth-order valence-corrected chi connectivity index (χ4v) is 2.11. The number of aromatic hydroxyl groups is 1. The molecule has 1 aromatic carbocycles. The molecule has 0 spiro atoms. The van der Waals surface area contributed by atoms with E-state index >= 15 is 0 Å². The van der Waals surface area contributed by atoms with Crippen LogP contribution in [0.1, 0.15) is 12.5 Å². The summed E-state index contributed by atoms with van der Waals surface area (Å²) in [6.45, 7) is 1.90. The Balaban J connectivity index is 1.83. The molecule has 0 aromatic heterocycles. The monoisotopic (exact) mass is 284 g/mol. The van der Waals surface area contributed by atoms with Gasteiger partial charge in [-0.1, -0.05) is 12.1 Å². The summed E-state index contributed by atoms with van der Waals surface area (Å²) in [5.41, 5.74) is 0.974. The molecule has 1 aliphatic heterocycles. The Morgan fingerprint density at radius 3 is 2.35 bits per heavy atom. The van der Waals surface area contributed by atoms with Crippen molar-refractivity contribution in [2.45, 2.75) is 44.1 Å². The van der Waals surface area contributed by atoms with Crippen LogP contribution in [0.2, 0.25) is 0 Å². The van der Waals surface area contributed by atoms with E-state index in [1.165, 1.54) is 0 Å². The van der Waals surface area contributed by atoms with E-state index in [0.717, 1.165) is 5.56 Å². The summed E-state index contributed by atoms with van der Waals surface area (Å²) in [5.74, 6) is 0.201. The number of phenols is 1. The van der Waals surface area contributed by atoms with Gasteiger partial charge in [-0.2, -0.15) is 0 Å². The highest BCUT2D eigenvalue weighted by atomic mass is 16.7. The Hall–Kier alpha value is -1.18. The zero-order valence-corrected chi connectivity index (χ0v) is 11.2. The van der Waals surface area contributed by atoms with E-state index in [0.29, 0.717) is 13.0 Å². The summed E-state index contributed by atoms with van der Waals surface area (Å²) in [6.07, 6.45) is -4.66. The number of rotatable bonds is 4. The predicted octanol–water partition coefficient (Wildman–Crippen LogP) is -0.221. The predicted molar refractivity (Wildman–Crippen MR) is 70.1 cm³/mol. The first kappa shape index (κ1) is 15.2. The first-order valence-electron chi connectivity index (χ1n) is 6.58. The van der Waals surface area contributed by atoms with Crippen LogP contribution in [-0.4, -0.2) is 57.7 Å². The van der Waals surface area contributed by atoms with E-state index in [1.54, 1.807) is 31.2 Å². The molecule has 1 saturated heterocycles. The van der Waals surface area contributed by atoms with Gasteiger partial charge in [-0.05, 0) is 31.0 Å². The normalized spacial score (nSPS) is 34.1. The molecule has 0 radical (unpaired) electrons. The van der Waals surface area contributed by atoms with Crippen molar-refractivity contribution in [3.63, 3.8) is 0 Å². The van der Waals surface area contributed by atoms with Gasteiger partial charge in [0.25, 0.3) is 0 Å². The Bertz CT molecular complexity index is 420. The molecule has 0 amide bonds. The van der Waals surface area contributed by atoms with E-state index in [-0.39, 0.29) is 5.75 Å². The fourth-order valence-electron chi connectivity index (χ4n) is 2.11. The SMILES string of the molecule is C[C@H]1O[C@@H](OCCc2ccc(O)cc2)[C@H](O)[C@@H](O)[C@@H]1O. The lowest BCUT2D eigenvalue weighted by molar-refractivity contribution is -0.292. The molecule has 0 aliphatic carbocycles. The van der Waals surface area contributed by atoms with Crippen LogP contribution >= 0.6 is 0 Å². The van der Waals surface area contributed by atoms with Crippen molar-refractivity contribution in [3.05, 3.63) is 29.8 Å². The third-order valence-corrected chi connectivity index (χ3v) is 3.42. The van der Waals surface area contributed by atoms with Gasteiger partial charge in [0.1, 0.15) is 24.1 Å². The summed E-state index contributed by atoms with van der Waals surface area (Å²) in [5, 5.41) is 38.1. The zero-order chi connectivity index (χ0) is 14.7. The quantitative estimate of drug-likeness (QED) is 0.610. The lowest BCUT2D eigenvalue weighted by Crippen LogP contribution is -2.57. The van der Waals surface area contributed by atoms with Crippen molar-refractivity contribution in [1.82, 2.24) is 0 Å². The largest absolute Gasteiger partial charge is 0.508 e. The molecule has 0 bridgehead atoms. The molecule has 0 saturated carbocycles. The highest BCUT2D eigenvalue weighted by Gasteiger charge is 2.42. The molecular weight excluding hydrogens is 264 g/mol. The fraction of sp³-hybridized carbons (Fsp3) is 0.571. The highest BCUT2D eigenvalue weighted by Crippen LogP contribution is 2.22. The van der Waals surface area contributed by atoms with Crippen LogP contribution in [0.5, 0.6) is 5.75 Å². The molecule has 5 atom stereocenters. The molecule has 4 N–H and O–H groups in total. The molecule has 20 heavy (non-hydrogen) atoms. The van der Waals surface area contributed by atoms with Crippen LogP contribution < -0.4 is 0 Å². The van der Waals surface area contributed by atoms with Gasteiger partial charge in [-0.3, -0.25) is 0 Å². The summed E-state index contributed by atoms with van der Waals surface area (Å²) in [4.78, 5) is 0. The summed E-state index contributed by atoms with van der Waals surface area (Å²) in [6, 6.07) is 6.73. The third kappa shape index (κ3) is 3.47. The highest BCUT2D eigenvalue weighted by molar-refractivity contribution is 5.25. The number of phenolic OH excluding ortho intramolecular Hbond substituents is 1. The standard InChI is InChI=1S/C14H20O6/c1-8-11(16)12(17)13(18)14(20-8)19-7-6-9-2-4-10(15)5-3-9/h2-5,8,11-18H,6-7H2,1H3/t8-,11-,12+,13-,14-/m1/s1. The van der Waals surface area contributed by atoms with Crippen LogP contribution in [0, 0.1) is 0 Å². The Morgan fingerprint density at radius 1 is 1.05 bits per heavy atom. The van der Waals surface area contributed by atoms with Gasteiger partial charge >= 0.3 is 0 Å². The van der Waals surface area contributed by atoms with Gasteiger partial charge in [0.15, 0.2) is 6.29 Å². The average molecular weight is 284 g/mol. The molecule has 1 aliphatic rings. The van der Waals surface area contributed by atoms with Crippen LogP contribution in [-0.2, 0) is 15.9 Å². The van der Waals surface area contributed by atoms with E-state index < -0.39 is 30.7 Å². The molecule has 0 unspecified atom stereocenters. The molecule has 6 nitrogen and oxygen atoms in total. The second-order valence-corrected chi connectivity index (χ2v) is 4.97. The van der Waals surface area contributed by atoms with Crippen LogP contribution in [0.4, 0.5) is 0 Å². The number of aliphatic hydroxyl groups excluding tert-OH is 3. The lowest BCUT2D eigenvalue weighted by atomic mass is 10.00. The van der Waals surface area contributed by atoms with E-state index in [4.69, 9.17) is 14.6 Å². The van der Waals surface area contributed by atoms with Crippen molar-refractivity contribution in [1.29, 1.82) is 0 Å². The maximum absolute atomic E-state index is 9.77. The molecule has 1 heterocycles. The second-order valence-electron chi connectivity index (χ2n) is 4.97. The van der Waals surface area contributed by atoms with Crippen LogP contribution in [0.25, 0.3) is 0 Å². The van der Waals surface area contributed by atoms with Gasteiger partial charge in [-0.25, -0.2) is 0 Å². The van der Waals surface area contributed by atoms with Crippen molar-refractivity contribution >= 4 is 0 Å². The maximum Gasteiger partial charge on any atom is 0.186 e. The molecule has 2 rings (SSSR count). The number of aliphatic hydroxyl groups is 3. The van der Waals surface area contributed by atoms with E-state index in [9.17, 15) is 15.3 Å². The first-order valence-corrected chi connectivity index (χ1v) is 6.58. The number of hydrogen-bond acceptors (Lipinski definition) is 6. The number of benzene rings is 1. The van der Waals surface area contributed by atoms with Gasteiger partial charge in [0, 0.05) is 0 Å². The third-order valence-electron chi connectivity index (χ3n) is 3.42. The van der Waals surface area contributed by atoms with Crippen molar-refractivity contribution < 1.29 is 29.9 Å². The minimum absolute atomic E-state index is 0.201. The topological polar surface area (TPSA) is 99.4 Å². The molecule has 6 heteroatoms. The van der Waals surface area contributed by atoms with E-state index in [1.807, 2.05) is 0 Å². The van der Waals surface area contributed by atoms with Crippen LogP contribution in [0.3, 0.4) is 0 Å². The minimum atomic E-state index is -1.28. The minimum Gasteiger partial charge on any atom is -0.508 e. The Labute approximate surface area is 117 Å². The van der Waals surface area contributed by atoms with E-state index in [2.05, 4.69) is 0 Å². The summed E-state index contributed by atoms with van der Waals surface area (Å²) in [7, 11) is 0. The molecule has 1 aromatic rings. The molecular formula is C14H20O6. The van der Waals surface area contributed by atoms with Gasteiger partial charge < -0.3 is 29.9 Å². The summed E-state index contributed by atoms with van der Waals surface area (Å²) >= 11 is 0. The second kappa shape index (κ2) is 6.51. The Morgan fingerprint density at radius 2 is 1.70 bits per heavy atom. The average Bonchev–Trinajstić information content (AvgIpc) is 2.44. The van der Waals surface area contributed by atoms with Crippen molar-refractivity contribution in [2.24, 2.45) is 0 Å². The van der Waals surface area contributed by atoms with Gasteiger partial charge in [0.05, 0.1) is 12.7 Å². The van der Waals surface area contributed by atoms with Crippen molar-refractivity contribution in [3.8, 4) is 5.75 Å². The zero-order valence-electron chi connectivity index (χ0n) is 11.2. The lowest BCUT2D eigenvalue weighted by Gasteiger charge is -2.38. The number of ether oxygens (including phenoxy) is 2. The first-order chi connectivity index (χ1) is 9.49. The molecule has 112 valence electrons. The summed E-state index contributed by atoms with van der Waals surface area (Å²) < 4.78 is 10.7. The maximum atomic E-state index is 9.77. The molecule has 1 fully saturated rings. The smallest absolute Gasteiger partial charge is 0.186 e. The van der Waals surface area contributed by atoms with Gasteiger partial charge in [0.2, 0.25) is 0 Å². The van der Waals surface area contributed by atoms with Crippen molar-refractivity contribution in [2.75, 3.05) is 6.61 Å². The number of hydrogen-bond donors (Lipinski definition) is 4. The van der Waals surface area contributed by atoms with Gasteiger partial charge in [-0.15, -0.1) is 0 Å². The Kier molecular flexibility index (Phi) is 4.95.